The Kier molecular flexibility index (Phi) is 8.06. The SMILES string of the molecule is CNCCCC(=O)Nc1nnc2ccccn12.Cl.Cl. The summed E-state index contributed by atoms with van der Waals surface area (Å²) < 4.78 is 1.75. The van der Waals surface area contributed by atoms with Crippen molar-refractivity contribution >= 4 is 42.3 Å². The molecule has 1 amide bonds. The average molecular weight is 306 g/mol. The van der Waals surface area contributed by atoms with E-state index in [9.17, 15) is 4.79 Å². The van der Waals surface area contributed by atoms with Gasteiger partial charge in [0.15, 0.2) is 5.65 Å². The van der Waals surface area contributed by atoms with Gasteiger partial charge in [-0.2, -0.15) is 0 Å². The minimum atomic E-state index is -0.0431. The summed E-state index contributed by atoms with van der Waals surface area (Å²) in [5.74, 6) is 0.425. The second-order valence-corrected chi connectivity index (χ2v) is 3.71. The van der Waals surface area contributed by atoms with Crippen molar-refractivity contribution in [3.63, 3.8) is 0 Å². The summed E-state index contributed by atoms with van der Waals surface area (Å²) in [5.41, 5.74) is 0.720. The standard InChI is InChI=1S/C11H15N5O.2ClH/c1-12-7-4-6-10(17)13-11-15-14-9-5-2-3-8-16(9)11;;/h2-3,5,8,12H,4,6-7H2,1H3,(H,13,15,17);2*1H. The molecule has 2 aromatic rings. The van der Waals surface area contributed by atoms with E-state index in [0.29, 0.717) is 12.4 Å². The first kappa shape index (κ1) is 17.6. The summed E-state index contributed by atoms with van der Waals surface area (Å²) in [6, 6.07) is 5.58. The van der Waals surface area contributed by atoms with Crippen molar-refractivity contribution in [2.24, 2.45) is 0 Å². The van der Waals surface area contributed by atoms with E-state index in [1.54, 1.807) is 4.40 Å². The number of nitrogens with zero attached hydrogens (tertiary/aromatic N) is 3. The van der Waals surface area contributed by atoms with Crippen molar-refractivity contribution in [3.8, 4) is 0 Å². The fourth-order valence-corrected chi connectivity index (χ4v) is 1.54. The number of anilines is 1. The number of nitrogens with one attached hydrogen (secondary N) is 2. The predicted molar refractivity (Wildman–Crippen MR) is 79.3 cm³/mol. The predicted octanol–water partition coefficient (Wildman–Crippen LogP) is 1.51. The molecule has 0 fully saturated rings. The van der Waals surface area contributed by atoms with Crippen LogP contribution in [0.5, 0.6) is 0 Å². The third-order valence-electron chi connectivity index (χ3n) is 2.40. The van der Waals surface area contributed by atoms with Gasteiger partial charge in [0.25, 0.3) is 0 Å². The molecule has 6 nitrogen and oxygen atoms in total. The van der Waals surface area contributed by atoms with E-state index in [4.69, 9.17) is 0 Å². The fraction of sp³-hybridized carbons (Fsp3) is 0.364. The van der Waals surface area contributed by atoms with Gasteiger partial charge < -0.3 is 5.32 Å². The number of aromatic nitrogens is 3. The molecule has 0 aliphatic heterocycles. The Morgan fingerprint density at radius 1 is 1.32 bits per heavy atom. The molecule has 0 radical (unpaired) electrons. The third kappa shape index (κ3) is 4.66. The molecule has 8 heteroatoms. The lowest BCUT2D eigenvalue weighted by Crippen LogP contribution is -2.16. The lowest BCUT2D eigenvalue weighted by Gasteiger charge is -2.02. The number of hydrogen-bond acceptors (Lipinski definition) is 4. The molecular weight excluding hydrogens is 289 g/mol. The lowest BCUT2D eigenvalue weighted by atomic mass is 10.3. The van der Waals surface area contributed by atoms with Gasteiger partial charge in [0.1, 0.15) is 0 Å². The number of carbonyl (C=O) groups excluding carboxylic acids is 1. The quantitative estimate of drug-likeness (QED) is 0.822. The minimum absolute atomic E-state index is 0. The monoisotopic (exact) mass is 305 g/mol. The molecule has 2 N–H and O–H groups in total. The van der Waals surface area contributed by atoms with Gasteiger partial charge in [0.05, 0.1) is 0 Å². The zero-order valence-electron chi connectivity index (χ0n) is 10.5. The van der Waals surface area contributed by atoms with E-state index in [1.807, 2.05) is 31.4 Å². The highest BCUT2D eigenvalue weighted by Crippen LogP contribution is 2.07. The van der Waals surface area contributed by atoms with Crippen LogP contribution in [0.2, 0.25) is 0 Å². The Labute approximate surface area is 123 Å². The van der Waals surface area contributed by atoms with Gasteiger partial charge in [-0.15, -0.1) is 35.0 Å². The zero-order chi connectivity index (χ0) is 12.1. The van der Waals surface area contributed by atoms with E-state index in [1.165, 1.54) is 0 Å². The highest BCUT2D eigenvalue weighted by Gasteiger charge is 2.07. The van der Waals surface area contributed by atoms with Gasteiger partial charge >= 0.3 is 0 Å². The molecule has 19 heavy (non-hydrogen) atoms. The summed E-state index contributed by atoms with van der Waals surface area (Å²) in [4.78, 5) is 11.6. The van der Waals surface area contributed by atoms with Crippen molar-refractivity contribution in [2.45, 2.75) is 12.8 Å². The topological polar surface area (TPSA) is 71.3 Å². The summed E-state index contributed by atoms with van der Waals surface area (Å²) in [6.45, 7) is 0.827. The molecule has 2 heterocycles. The number of halogens is 2. The van der Waals surface area contributed by atoms with Gasteiger partial charge in [-0.3, -0.25) is 14.5 Å². The first-order valence-corrected chi connectivity index (χ1v) is 5.55. The van der Waals surface area contributed by atoms with Crippen LogP contribution < -0.4 is 10.6 Å². The molecule has 2 aromatic heterocycles. The van der Waals surface area contributed by atoms with Crippen LogP contribution in [0.3, 0.4) is 0 Å². The van der Waals surface area contributed by atoms with Crippen molar-refractivity contribution < 1.29 is 4.79 Å². The fourth-order valence-electron chi connectivity index (χ4n) is 1.54. The van der Waals surface area contributed by atoms with E-state index < -0.39 is 0 Å². The third-order valence-corrected chi connectivity index (χ3v) is 2.40. The Morgan fingerprint density at radius 2 is 2.11 bits per heavy atom. The molecule has 106 valence electrons. The first-order chi connectivity index (χ1) is 8.31. The van der Waals surface area contributed by atoms with Gasteiger partial charge in [0.2, 0.25) is 11.9 Å². The van der Waals surface area contributed by atoms with Crippen molar-refractivity contribution in [1.82, 2.24) is 19.9 Å². The second-order valence-electron chi connectivity index (χ2n) is 3.71. The molecule has 0 unspecified atom stereocenters. The number of carbonyl (C=O) groups is 1. The molecular formula is C11H17Cl2N5O. The zero-order valence-corrected chi connectivity index (χ0v) is 12.1. The Bertz CT molecular complexity index is 517. The van der Waals surface area contributed by atoms with Gasteiger partial charge in [-0.05, 0) is 32.1 Å². The number of amides is 1. The average Bonchev–Trinajstić information content (AvgIpc) is 2.73. The summed E-state index contributed by atoms with van der Waals surface area (Å²) >= 11 is 0. The molecule has 0 atom stereocenters. The largest absolute Gasteiger partial charge is 0.320 e. The Hall–Kier alpha value is -1.37. The summed E-state index contributed by atoms with van der Waals surface area (Å²) in [5, 5.41) is 13.6. The molecule has 0 bridgehead atoms. The van der Waals surface area contributed by atoms with E-state index in [-0.39, 0.29) is 30.7 Å². The Balaban J connectivity index is 0.00000162. The maximum atomic E-state index is 11.6. The van der Waals surface area contributed by atoms with Gasteiger partial charge in [-0.1, -0.05) is 6.07 Å². The van der Waals surface area contributed by atoms with Gasteiger partial charge in [-0.25, -0.2) is 0 Å². The Morgan fingerprint density at radius 3 is 2.84 bits per heavy atom. The maximum absolute atomic E-state index is 11.6. The number of hydrogen-bond donors (Lipinski definition) is 2. The highest BCUT2D eigenvalue weighted by molar-refractivity contribution is 5.89. The van der Waals surface area contributed by atoms with E-state index in [2.05, 4.69) is 20.8 Å². The molecule has 0 aliphatic carbocycles. The highest BCUT2D eigenvalue weighted by atomic mass is 35.5. The van der Waals surface area contributed by atoms with Crippen LogP contribution in [0.1, 0.15) is 12.8 Å². The maximum Gasteiger partial charge on any atom is 0.235 e. The molecule has 2 rings (SSSR count). The van der Waals surface area contributed by atoms with Crippen molar-refractivity contribution in [1.29, 1.82) is 0 Å². The van der Waals surface area contributed by atoms with Crippen LogP contribution in [0.4, 0.5) is 5.95 Å². The number of fused-ring (bicyclic) bond motifs is 1. The molecule has 0 saturated heterocycles. The van der Waals surface area contributed by atoms with E-state index >= 15 is 0 Å². The normalized spacial score (nSPS) is 9.53. The van der Waals surface area contributed by atoms with Crippen molar-refractivity contribution in [2.75, 3.05) is 18.9 Å². The molecule has 0 aliphatic rings. The number of pyridine rings is 1. The van der Waals surface area contributed by atoms with Crippen LogP contribution >= 0.6 is 24.8 Å². The minimum Gasteiger partial charge on any atom is -0.320 e. The number of rotatable bonds is 5. The second kappa shape index (κ2) is 8.68. The summed E-state index contributed by atoms with van der Waals surface area (Å²) in [7, 11) is 1.87. The van der Waals surface area contributed by atoms with Crippen LogP contribution in [-0.2, 0) is 4.79 Å². The molecule has 0 spiro atoms. The molecule has 0 aromatic carbocycles. The lowest BCUT2D eigenvalue weighted by molar-refractivity contribution is -0.116. The van der Waals surface area contributed by atoms with Crippen LogP contribution in [-0.4, -0.2) is 34.1 Å². The van der Waals surface area contributed by atoms with Gasteiger partial charge in [0, 0.05) is 12.6 Å². The summed E-state index contributed by atoms with van der Waals surface area (Å²) in [6.07, 6.45) is 3.10. The van der Waals surface area contributed by atoms with E-state index in [0.717, 1.165) is 18.6 Å². The van der Waals surface area contributed by atoms with Crippen LogP contribution in [0.15, 0.2) is 24.4 Å². The molecule has 0 saturated carbocycles. The van der Waals surface area contributed by atoms with Crippen molar-refractivity contribution in [3.05, 3.63) is 24.4 Å². The van der Waals surface area contributed by atoms with Crippen LogP contribution in [0.25, 0.3) is 5.65 Å². The first-order valence-electron chi connectivity index (χ1n) is 5.55. The van der Waals surface area contributed by atoms with Crippen LogP contribution in [0, 0.1) is 0 Å². The smallest absolute Gasteiger partial charge is 0.235 e.